The molecule has 0 spiro atoms. The first-order valence-electron chi connectivity index (χ1n) is 8.55. The third-order valence-corrected chi connectivity index (χ3v) is 24.4. The summed E-state index contributed by atoms with van der Waals surface area (Å²) in [6, 6.07) is 0. The van der Waals surface area contributed by atoms with Crippen molar-refractivity contribution < 1.29 is 0 Å². The Balaban J connectivity index is 2.21. The van der Waals surface area contributed by atoms with E-state index in [2.05, 4.69) is 25.3 Å². The van der Waals surface area contributed by atoms with Crippen molar-refractivity contribution in [3.8, 4) is 0 Å². The molecule has 0 nitrogen and oxygen atoms in total. The second-order valence-electron chi connectivity index (χ2n) is 6.89. The Morgan fingerprint density at radius 1 is 0.684 bits per heavy atom. The Bertz CT molecular complexity index is 252. The van der Waals surface area contributed by atoms with Crippen LogP contribution in [0.2, 0.25) is 16.7 Å². The molecule has 0 radical (unpaired) electrons. The van der Waals surface area contributed by atoms with Crippen molar-refractivity contribution in [2.45, 2.75) is 80.9 Å². The molecule has 19 heavy (non-hydrogen) atoms. The fourth-order valence-corrected chi connectivity index (χ4v) is 23.1. The van der Waals surface area contributed by atoms with Gasteiger partial charge < -0.3 is 0 Å². The van der Waals surface area contributed by atoms with Gasteiger partial charge in [0.2, 0.25) is 0 Å². The average Bonchev–Trinajstić information content (AvgIpc) is 2.49. The van der Waals surface area contributed by atoms with Gasteiger partial charge in [0, 0.05) is 0 Å². The molecule has 0 aromatic rings. The van der Waals surface area contributed by atoms with Gasteiger partial charge in [0.05, 0.1) is 0 Å². The summed E-state index contributed by atoms with van der Waals surface area (Å²) in [5, 5.41) is 0. The van der Waals surface area contributed by atoms with Crippen LogP contribution in [-0.4, -0.2) is 18.4 Å². The van der Waals surface area contributed by atoms with Crippen LogP contribution in [-0.2, 0) is 0 Å². The number of rotatable bonds is 6. The Labute approximate surface area is 124 Å². The monoisotopic (exact) mass is 368 g/mol. The Morgan fingerprint density at radius 2 is 1.05 bits per heavy atom. The maximum atomic E-state index is 4.14. The van der Waals surface area contributed by atoms with Crippen molar-refractivity contribution in [2.24, 2.45) is 0 Å². The molecular weight excluding hydrogens is 335 g/mol. The van der Waals surface area contributed by atoms with Crippen molar-refractivity contribution in [3.05, 3.63) is 25.3 Å². The molecule has 2 aliphatic rings. The third-order valence-electron chi connectivity index (χ3n) is 5.89. The van der Waals surface area contributed by atoms with Gasteiger partial charge in [-0.15, -0.1) is 0 Å². The van der Waals surface area contributed by atoms with Gasteiger partial charge in [0.1, 0.15) is 0 Å². The summed E-state index contributed by atoms with van der Waals surface area (Å²) in [6.45, 7) is 8.27. The predicted molar refractivity (Wildman–Crippen MR) is 89.4 cm³/mol. The SMILES string of the molecule is C=C[CH2][Sn]([CH2]C=C)([CH]1CCCCC1)[CH]1CCCCC1. The molecule has 1 heteroatoms. The molecule has 0 atom stereocenters. The van der Waals surface area contributed by atoms with Crippen LogP contribution >= 0.6 is 0 Å². The van der Waals surface area contributed by atoms with Gasteiger partial charge in [0.15, 0.2) is 0 Å². The van der Waals surface area contributed by atoms with Gasteiger partial charge in [-0.25, -0.2) is 0 Å². The summed E-state index contributed by atoms with van der Waals surface area (Å²) in [5.74, 6) is 0. The van der Waals surface area contributed by atoms with Crippen LogP contribution in [0.4, 0.5) is 0 Å². The van der Waals surface area contributed by atoms with Crippen molar-refractivity contribution in [2.75, 3.05) is 0 Å². The van der Waals surface area contributed by atoms with Gasteiger partial charge in [-0.1, -0.05) is 0 Å². The summed E-state index contributed by atoms with van der Waals surface area (Å²) in [7, 11) is 0. The van der Waals surface area contributed by atoms with Crippen LogP contribution in [0.3, 0.4) is 0 Å². The molecule has 0 unspecified atom stereocenters. The summed E-state index contributed by atoms with van der Waals surface area (Å²) in [5.41, 5.74) is 0. The van der Waals surface area contributed by atoms with E-state index in [1.807, 2.05) is 0 Å². The van der Waals surface area contributed by atoms with Crippen LogP contribution < -0.4 is 0 Å². The molecule has 108 valence electrons. The van der Waals surface area contributed by atoms with Gasteiger partial charge >= 0.3 is 125 Å². The van der Waals surface area contributed by atoms with E-state index in [0.717, 1.165) is 7.87 Å². The Hall–Kier alpha value is 0.279. The zero-order valence-electron chi connectivity index (χ0n) is 12.7. The third kappa shape index (κ3) is 3.68. The quantitative estimate of drug-likeness (QED) is 0.373. The van der Waals surface area contributed by atoms with E-state index in [-0.39, 0.29) is 0 Å². The van der Waals surface area contributed by atoms with E-state index in [9.17, 15) is 0 Å². The standard InChI is InChI=1S/2C6H11.2C3H5.Sn/c2*1-2-4-6-5-3-1;2*1-3-2;/h2*1H,2-6H2;2*3H,1-2H2;. The molecule has 0 aromatic heterocycles. The summed E-state index contributed by atoms with van der Waals surface area (Å²) in [6.07, 6.45) is 19.8. The Kier molecular flexibility index (Phi) is 6.51. The fraction of sp³-hybridized carbons (Fsp3) is 0.778. The summed E-state index contributed by atoms with van der Waals surface area (Å²) >= 11 is -2.12. The first-order chi connectivity index (χ1) is 9.33. The van der Waals surface area contributed by atoms with E-state index in [1.165, 1.54) is 47.4 Å². The zero-order chi connectivity index (χ0) is 13.6. The fourth-order valence-electron chi connectivity index (χ4n) is 4.98. The second kappa shape index (κ2) is 7.90. The van der Waals surface area contributed by atoms with Gasteiger partial charge in [-0.05, 0) is 0 Å². The molecule has 0 N–H and O–H groups in total. The van der Waals surface area contributed by atoms with E-state index < -0.39 is 18.4 Å². The van der Waals surface area contributed by atoms with Gasteiger partial charge in [0.25, 0.3) is 0 Å². The zero-order valence-corrected chi connectivity index (χ0v) is 15.6. The molecule has 0 aromatic carbocycles. The van der Waals surface area contributed by atoms with E-state index >= 15 is 0 Å². The molecule has 2 aliphatic carbocycles. The average molecular weight is 367 g/mol. The predicted octanol–water partition coefficient (Wildman–Crippen LogP) is 6.48. The minimum absolute atomic E-state index is 1.14. The molecule has 0 aliphatic heterocycles. The number of hydrogen-bond donors (Lipinski definition) is 0. The molecular formula is C18H32Sn. The first-order valence-corrected chi connectivity index (χ1v) is 15.9. The first kappa shape index (κ1) is 15.7. The molecule has 0 saturated heterocycles. The minimum atomic E-state index is -2.12. The topological polar surface area (TPSA) is 0 Å². The second-order valence-corrected chi connectivity index (χ2v) is 20.9. The van der Waals surface area contributed by atoms with Crippen LogP contribution in [0.15, 0.2) is 25.3 Å². The molecule has 2 saturated carbocycles. The van der Waals surface area contributed by atoms with Crippen LogP contribution in [0.1, 0.15) is 64.2 Å². The van der Waals surface area contributed by atoms with E-state index in [1.54, 1.807) is 25.7 Å². The molecule has 0 bridgehead atoms. The molecule has 0 heterocycles. The summed E-state index contributed by atoms with van der Waals surface area (Å²) in [4.78, 5) is 0. The maximum absolute atomic E-state index is 4.14. The van der Waals surface area contributed by atoms with Gasteiger partial charge in [-0.2, -0.15) is 0 Å². The van der Waals surface area contributed by atoms with Crippen molar-refractivity contribution in [3.63, 3.8) is 0 Å². The normalized spacial score (nSPS) is 23.2. The molecule has 2 rings (SSSR count). The van der Waals surface area contributed by atoms with Gasteiger partial charge in [-0.3, -0.25) is 0 Å². The number of hydrogen-bond acceptors (Lipinski definition) is 0. The van der Waals surface area contributed by atoms with Crippen LogP contribution in [0, 0.1) is 0 Å². The van der Waals surface area contributed by atoms with E-state index in [0.29, 0.717) is 0 Å². The van der Waals surface area contributed by atoms with E-state index in [4.69, 9.17) is 0 Å². The van der Waals surface area contributed by atoms with Crippen molar-refractivity contribution >= 4 is 18.4 Å². The number of allylic oxidation sites excluding steroid dienone is 2. The van der Waals surface area contributed by atoms with Crippen molar-refractivity contribution in [1.29, 1.82) is 0 Å². The Morgan fingerprint density at radius 3 is 1.37 bits per heavy atom. The molecule has 2 fully saturated rings. The van der Waals surface area contributed by atoms with Crippen LogP contribution in [0.25, 0.3) is 0 Å². The summed E-state index contributed by atoms with van der Waals surface area (Å²) < 4.78 is 5.14. The molecule has 0 amide bonds. The van der Waals surface area contributed by atoms with Crippen molar-refractivity contribution in [1.82, 2.24) is 0 Å². The van der Waals surface area contributed by atoms with Crippen LogP contribution in [0.5, 0.6) is 0 Å².